The monoisotopic (exact) mass is 326 g/mol. The quantitative estimate of drug-likeness (QED) is 0.848. The van der Waals surface area contributed by atoms with Gasteiger partial charge in [0.15, 0.2) is 0 Å². The number of piperidine rings is 1. The van der Waals surface area contributed by atoms with E-state index in [1.807, 2.05) is 47.8 Å². The molecule has 24 heavy (non-hydrogen) atoms. The number of fused-ring (bicyclic) bond motifs is 1. The van der Waals surface area contributed by atoms with E-state index in [4.69, 9.17) is 4.74 Å². The lowest BCUT2D eigenvalue weighted by molar-refractivity contribution is -0.00594. The van der Waals surface area contributed by atoms with Crippen molar-refractivity contribution in [3.63, 3.8) is 0 Å². The number of hydrogen-bond acceptors (Lipinski definition) is 4. The van der Waals surface area contributed by atoms with Gasteiger partial charge >= 0.3 is 0 Å². The predicted octanol–water partition coefficient (Wildman–Crippen LogP) is 2.12. The third kappa shape index (κ3) is 2.71. The molecule has 6 heteroatoms. The lowest BCUT2D eigenvalue weighted by Crippen LogP contribution is -2.45. The Morgan fingerprint density at radius 3 is 3.00 bits per heavy atom. The van der Waals surface area contributed by atoms with Gasteiger partial charge in [-0.15, -0.1) is 0 Å². The molecule has 3 atom stereocenters. The molecule has 0 spiro atoms. The lowest BCUT2D eigenvalue weighted by Gasteiger charge is -2.34. The number of aryl methyl sites for hydroxylation is 2. The summed E-state index contributed by atoms with van der Waals surface area (Å²) < 4.78 is 8.11. The van der Waals surface area contributed by atoms with Crippen LogP contribution in [0, 0.1) is 12.8 Å². The maximum atomic E-state index is 12.7. The van der Waals surface area contributed by atoms with Crippen molar-refractivity contribution in [2.45, 2.75) is 32.0 Å². The first-order valence-corrected chi connectivity index (χ1v) is 8.47. The van der Waals surface area contributed by atoms with E-state index in [1.165, 1.54) is 0 Å². The standard InChI is InChI=1S/C18H22N4O2/c1-12-19-7-5-14(20-12)16-10-13-6-9-22(11-17(13)24-16)18(23)15-4-3-8-21(15)2/h3-5,7-8,13,16-17H,6,9-11H2,1-2H3/t13-,16+,17+/m1/s1. The largest absolute Gasteiger partial charge is 0.367 e. The normalized spacial score (nSPS) is 26.4. The highest BCUT2D eigenvalue weighted by atomic mass is 16.5. The second-order valence-corrected chi connectivity index (χ2v) is 6.73. The zero-order valence-electron chi connectivity index (χ0n) is 14.1. The van der Waals surface area contributed by atoms with Crippen LogP contribution in [0.3, 0.4) is 0 Å². The van der Waals surface area contributed by atoms with Gasteiger partial charge in [0.1, 0.15) is 17.6 Å². The molecule has 0 bridgehead atoms. The van der Waals surface area contributed by atoms with E-state index in [9.17, 15) is 4.79 Å². The highest BCUT2D eigenvalue weighted by molar-refractivity contribution is 5.92. The van der Waals surface area contributed by atoms with E-state index in [2.05, 4.69) is 9.97 Å². The lowest BCUT2D eigenvalue weighted by atomic mass is 9.91. The number of ether oxygens (including phenoxy) is 1. The Hall–Kier alpha value is -2.21. The minimum absolute atomic E-state index is 0.0202. The van der Waals surface area contributed by atoms with E-state index in [0.717, 1.165) is 36.6 Å². The van der Waals surface area contributed by atoms with Gasteiger partial charge in [0.2, 0.25) is 0 Å². The van der Waals surface area contributed by atoms with E-state index >= 15 is 0 Å². The van der Waals surface area contributed by atoms with Gasteiger partial charge in [0.05, 0.1) is 11.8 Å². The number of carbonyl (C=O) groups is 1. The molecular weight excluding hydrogens is 304 g/mol. The van der Waals surface area contributed by atoms with Crippen molar-refractivity contribution in [2.75, 3.05) is 13.1 Å². The molecule has 0 unspecified atom stereocenters. The van der Waals surface area contributed by atoms with Gasteiger partial charge in [-0.2, -0.15) is 0 Å². The molecule has 2 saturated heterocycles. The van der Waals surface area contributed by atoms with Crippen molar-refractivity contribution in [1.29, 1.82) is 0 Å². The molecule has 6 nitrogen and oxygen atoms in total. The first kappa shape index (κ1) is 15.3. The molecule has 0 radical (unpaired) electrons. The van der Waals surface area contributed by atoms with Crippen LogP contribution in [0.1, 0.15) is 41.0 Å². The topological polar surface area (TPSA) is 60.2 Å². The second kappa shape index (κ2) is 6.02. The minimum Gasteiger partial charge on any atom is -0.367 e. The third-order valence-electron chi connectivity index (χ3n) is 5.13. The number of likely N-dealkylation sites (tertiary alicyclic amines) is 1. The number of carbonyl (C=O) groups excluding carboxylic acids is 1. The van der Waals surface area contributed by atoms with E-state index in [-0.39, 0.29) is 18.1 Å². The molecule has 0 saturated carbocycles. The fourth-order valence-corrected chi connectivity index (χ4v) is 3.80. The summed E-state index contributed by atoms with van der Waals surface area (Å²) in [7, 11) is 1.90. The Kier molecular flexibility index (Phi) is 3.84. The minimum atomic E-state index is 0.0202. The van der Waals surface area contributed by atoms with Crippen molar-refractivity contribution >= 4 is 5.91 Å². The van der Waals surface area contributed by atoms with Crippen LogP contribution in [0.2, 0.25) is 0 Å². The van der Waals surface area contributed by atoms with E-state index in [1.54, 1.807) is 6.20 Å². The number of hydrogen-bond donors (Lipinski definition) is 0. The van der Waals surface area contributed by atoms with Gasteiger partial charge in [-0.05, 0) is 43.9 Å². The molecule has 2 aromatic rings. The molecule has 4 heterocycles. The summed E-state index contributed by atoms with van der Waals surface area (Å²) >= 11 is 0. The van der Waals surface area contributed by atoms with Crippen molar-refractivity contribution in [3.05, 3.63) is 47.8 Å². The first-order chi connectivity index (χ1) is 11.6. The highest BCUT2D eigenvalue weighted by Gasteiger charge is 2.41. The molecular formula is C18H22N4O2. The summed E-state index contributed by atoms with van der Waals surface area (Å²) in [6.07, 6.45) is 5.78. The summed E-state index contributed by atoms with van der Waals surface area (Å²) in [6, 6.07) is 5.71. The summed E-state index contributed by atoms with van der Waals surface area (Å²) in [5.74, 6) is 1.36. The van der Waals surface area contributed by atoms with Crippen molar-refractivity contribution < 1.29 is 9.53 Å². The molecule has 0 aromatic carbocycles. The van der Waals surface area contributed by atoms with Crippen LogP contribution in [-0.2, 0) is 11.8 Å². The highest BCUT2D eigenvalue weighted by Crippen LogP contribution is 2.40. The van der Waals surface area contributed by atoms with E-state index in [0.29, 0.717) is 12.5 Å². The average Bonchev–Trinajstić information content (AvgIpc) is 3.19. The molecule has 0 aliphatic carbocycles. The van der Waals surface area contributed by atoms with Crippen LogP contribution >= 0.6 is 0 Å². The average molecular weight is 326 g/mol. The summed E-state index contributed by atoms with van der Waals surface area (Å²) in [5.41, 5.74) is 1.69. The zero-order chi connectivity index (χ0) is 16.7. The molecule has 126 valence electrons. The number of rotatable bonds is 2. The molecule has 2 aliphatic rings. The van der Waals surface area contributed by atoms with Gasteiger partial charge in [0, 0.05) is 32.5 Å². The van der Waals surface area contributed by atoms with Crippen LogP contribution in [-0.4, -0.2) is 44.5 Å². The van der Waals surface area contributed by atoms with Crippen LogP contribution in [0.5, 0.6) is 0 Å². The van der Waals surface area contributed by atoms with Crippen molar-refractivity contribution in [3.8, 4) is 0 Å². The van der Waals surface area contributed by atoms with Crippen LogP contribution in [0.15, 0.2) is 30.6 Å². The Labute approximate surface area is 141 Å². The Morgan fingerprint density at radius 2 is 2.25 bits per heavy atom. The van der Waals surface area contributed by atoms with Gasteiger partial charge in [-0.3, -0.25) is 4.79 Å². The molecule has 2 aromatic heterocycles. The summed E-state index contributed by atoms with van der Waals surface area (Å²) in [6.45, 7) is 3.35. The molecule has 4 rings (SSSR count). The Balaban J connectivity index is 1.46. The number of amides is 1. The van der Waals surface area contributed by atoms with Crippen LogP contribution in [0.25, 0.3) is 0 Å². The Bertz CT molecular complexity index is 757. The fourth-order valence-electron chi connectivity index (χ4n) is 3.80. The van der Waals surface area contributed by atoms with Gasteiger partial charge < -0.3 is 14.2 Å². The molecule has 1 amide bonds. The zero-order valence-corrected chi connectivity index (χ0v) is 14.1. The first-order valence-electron chi connectivity index (χ1n) is 8.47. The van der Waals surface area contributed by atoms with Crippen LogP contribution in [0.4, 0.5) is 0 Å². The maximum Gasteiger partial charge on any atom is 0.270 e. The third-order valence-corrected chi connectivity index (χ3v) is 5.13. The SMILES string of the molecule is Cc1nccc([C@@H]2C[C@H]3CCN(C(=O)c4cccn4C)C[C@@H]3O2)n1. The fraction of sp³-hybridized carbons (Fsp3) is 0.500. The summed E-state index contributed by atoms with van der Waals surface area (Å²) in [5, 5.41) is 0. The predicted molar refractivity (Wildman–Crippen MR) is 88.4 cm³/mol. The van der Waals surface area contributed by atoms with Gasteiger partial charge in [-0.25, -0.2) is 9.97 Å². The smallest absolute Gasteiger partial charge is 0.270 e. The molecule has 0 N–H and O–H groups in total. The second-order valence-electron chi connectivity index (χ2n) is 6.73. The summed E-state index contributed by atoms with van der Waals surface area (Å²) in [4.78, 5) is 23.3. The van der Waals surface area contributed by atoms with Crippen molar-refractivity contribution in [1.82, 2.24) is 19.4 Å². The van der Waals surface area contributed by atoms with E-state index < -0.39 is 0 Å². The molecule has 2 fully saturated rings. The van der Waals surface area contributed by atoms with Crippen LogP contribution < -0.4 is 0 Å². The molecule has 2 aliphatic heterocycles. The number of nitrogens with zero attached hydrogens (tertiary/aromatic N) is 4. The number of aromatic nitrogens is 3. The van der Waals surface area contributed by atoms with Crippen molar-refractivity contribution in [2.24, 2.45) is 13.0 Å². The maximum absolute atomic E-state index is 12.7. The van der Waals surface area contributed by atoms with Gasteiger partial charge in [-0.1, -0.05) is 0 Å². The van der Waals surface area contributed by atoms with Gasteiger partial charge in [0.25, 0.3) is 5.91 Å². The Morgan fingerprint density at radius 1 is 1.38 bits per heavy atom.